The fraction of sp³-hybridized carbons (Fsp3) is 0.278. The first-order chi connectivity index (χ1) is 9.59. The van der Waals surface area contributed by atoms with Crippen molar-refractivity contribution in [1.29, 1.82) is 0 Å². The second kappa shape index (κ2) is 6.83. The van der Waals surface area contributed by atoms with Gasteiger partial charge in [-0.1, -0.05) is 62.4 Å². The maximum absolute atomic E-state index is 12.6. The lowest BCUT2D eigenvalue weighted by Crippen LogP contribution is -2.19. The Morgan fingerprint density at radius 2 is 1.75 bits per heavy atom. The smallest absolute Gasteiger partial charge is 0.00927 e. The molecule has 1 nitrogen and oxygen atoms in total. The molecule has 0 unspecified atom stereocenters. The summed E-state index contributed by atoms with van der Waals surface area (Å²) in [5.74, 6) is 0.546. The van der Waals surface area contributed by atoms with Crippen LogP contribution in [0.15, 0.2) is 48.5 Å². The Morgan fingerprint density at radius 3 is 2.40 bits per heavy atom. The second-order valence-electron chi connectivity index (χ2n) is 5.40. The molecule has 2 aromatic carbocycles. The first kappa shape index (κ1) is 15.0. The third-order valence-corrected chi connectivity index (χ3v) is 4.60. The SMILES string of the molecule is Cc1cccc(-c2ccccc2)c1C([O-])=PCC(C)C. The molecule has 20 heavy (non-hydrogen) atoms. The zero-order chi connectivity index (χ0) is 14.5. The van der Waals surface area contributed by atoms with Gasteiger partial charge < -0.3 is 5.11 Å². The molecule has 0 aliphatic rings. The third-order valence-electron chi connectivity index (χ3n) is 3.17. The topological polar surface area (TPSA) is 23.1 Å². The van der Waals surface area contributed by atoms with Gasteiger partial charge in [0, 0.05) is 0 Å². The Hall–Kier alpha value is -1.43. The predicted octanol–water partition coefficient (Wildman–Crippen LogP) is 4.10. The Morgan fingerprint density at radius 1 is 1.05 bits per heavy atom. The van der Waals surface area contributed by atoms with Gasteiger partial charge in [0.15, 0.2) is 0 Å². The van der Waals surface area contributed by atoms with E-state index in [1.807, 2.05) is 43.3 Å². The molecule has 0 aliphatic carbocycles. The van der Waals surface area contributed by atoms with E-state index >= 15 is 0 Å². The van der Waals surface area contributed by atoms with Crippen molar-refractivity contribution < 1.29 is 5.11 Å². The van der Waals surface area contributed by atoms with Gasteiger partial charge in [0.25, 0.3) is 0 Å². The quantitative estimate of drug-likeness (QED) is 0.775. The Kier molecular flexibility index (Phi) is 5.11. The third kappa shape index (κ3) is 3.56. The van der Waals surface area contributed by atoms with Gasteiger partial charge in [-0.2, -0.15) is 0 Å². The largest absolute Gasteiger partial charge is 0.824 e. The molecule has 0 amide bonds. The monoisotopic (exact) mass is 283 g/mol. The van der Waals surface area contributed by atoms with Crippen LogP contribution in [-0.4, -0.2) is 11.6 Å². The molecule has 0 aromatic heterocycles. The minimum atomic E-state index is 0.232. The van der Waals surface area contributed by atoms with Crippen LogP contribution in [-0.2, 0) is 0 Å². The van der Waals surface area contributed by atoms with E-state index in [1.54, 1.807) is 0 Å². The van der Waals surface area contributed by atoms with Crippen molar-refractivity contribution in [3.05, 3.63) is 59.7 Å². The summed E-state index contributed by atoms with van der Waals surface area (Å²) in [6.07, 6.45) is 0.918. The normalized spacial score (nSPS) is 11.9. The highest BCUT2D eigenvalue weighted by Crippen LogP contribution is 2.27. The van der Waals surface area contributed by atoms with Gasteiger partial charge in [0.1, 0.15) is 0 Å². The fourth-order valence-electron chi connectivity index (χ4n) is 2.15. The van der Waals surface area contributed by atoms with Crippen molar-refractivity contribution in [3.8, 4) is 11.1 Å². The van der Waals surface area contributed by atoms with Crippen molar-refractivity contribution >= 4 is 13.7 Å². The summed E-state index contributed by atoms with van der Waals surface area (Å²) in [5.41, 5.74) is 4.33. The number of hydrogen-bond acceptors (Lipinski definition) is 1. The maximum atomic E-state index is 12.6. The van der Waals surface area contributed by atoms with Gasteiger partial charge in [0.05, 0.1) is 0 Å². The molecule has 0 radical (unpaired) electrons. The van der Waals surface area contributed by atoms with Crippen LogP contribution in [0.2, 0.25) is 0 Å². The van der Waals surface area contributed by atoms with Gasteiger partial charge in [-0.25, -0.2) is 0 Å². The van der Waals surface area contributed by atoms with Crippen LogP contribution >= 0.6 is 8.20 Å². The summed E-state index contributed by atoms with van der Waals surface area (Å²) in [4.78, 5) is 0. The zero-order valence-electron chi connectivity index (χ0n) is 12.3. The molecule has 2 heteroatoms. The molecular weight excluding hydrogens is 263 g/mol. The van der Waals surface area contributed by atoms with Crippen LogP contribution in [0.5, 0.6) is 0 Å². The van der Waals surface area contributed by atoms with E-state index in [4.69, 9.17) is 0 Å². The molecular formula is C18H20OP-. The summed E-state index contributed by atoms with van der Waals surface area (Å²) in [6.45, 7) is 6.32. The Balaban J connectivity index is 2.50. The van der Waals surface area contributed by atoms with Crippen molar-refractivity contribution in [2.24, 2.45) is 5.92 Å². The predicted molar refractivity (Wildman–Crippen MR) is 87.3 cm³/mol. The van der Waals surface area contributed by atoms with Crippen LogP contribution in [0, 0.1) is 12.8 Å². The lowest BCUT2D eigenvalue weighted by Gasteiger charge is -2.20. The fourth-order valence-corrected chi connectivity index (χ4v) is 3.14. The van der Waals surface area contributed by atoms with E-state index in [1.165, 1.54) is 0 Å². The van der Waals surface area contributed by atoms with Crippen molar-refractivity contribution in [3.63, 3.8) is 0 Å². The maximum Gasteiger partial charge on any atom is -0.00927 e. The number of benzene rings is 2. The average Bonchev–Trinajstić information content (AvgIpc) is 2.45. The van der Waals surface area contributed by atoms with Crippen LogP contribution in [0.3, 0.4) is 0 Å². The molecule has 0 heterocycles. The molecule has 0 N–H and O–H groups in total. The zero-order valence-corrected chi connectivity index (χ0v) is 13.2. The number of hydrogen-bond donors (Lipinski definition) is 0. The minimum absolute atomic E-state index is 0.232. The molecule has 104 valence electrons. The second-order valence-corrected chi connectivity index (χ2v) is 6.49. The van der Waals surface area contributed by atoms with E-state index in [2.05, 4.69) is 26.0 Å². The molecule has 2 rings (SSSR count). The summed E-state index contributed by atoms with van der Waals surface area (Å²) in [6, 6.07) is 16.2. The average molecular weight is 283 g/mol. The van der Waals surface area contributed by atoms with E-state index in [0.717, 1.165) is 36.6 Å². The summed E-state index contributed by atoms with van der Waals surface area (Å²) < 4.78 is 0. The first-order valence-corrected chi connectivity index (χ1v) is 8.04. The standard InChI is InChI=1S/C18H21OP/c1-13(2)12-20-18(19)17-14(3)8-7-11-16(17)15-9-5-4-6-10-15/h4-11,13,19H,12H2,1-3H3/p-1. The summed E-state index contributed by atoms with van der Waals surface area (Å²) in [7, 11) is 0.892. The van der Waals surface area contributed by atoms with Crippen LogP contribution < -0.4 is 5.11 Å². The van der Waals surface area contributed by atoms with Gasteiger partial charge in [-0.3, -0.25) is 0 Å². The highest BCUT2D eigenvalue weighted by molar-refractivity contribution is 7.40. The number of rotatable bonds is 4. The Bertz CT molecular complexity index is 600. The molecule has 0 atom stereocenters. The van der Waals surface area contributed by atoms with E-state index in [9.17, 15) is 5.11 Å². The van der Waals surface area contributed by atoms with Crippen molar-refractivity contribution in [1.82, 2.24) is 0 Å². The van der Waals surface area contributed by atoms with Gasteiger partial charge in [0.2, 0.25) is 0 Å². The van der Waals surface area contributed by atoms with E-state index in [-0.39, 0.29) is 5.48 Å². The van der Waals surface area contributed by atoms with Gasteiger partial charge in [-0.05, 0) is 41.3 Å². The Labute approximate surface area is 123 Å². The van der Waals surface area contributed by atoms with Crippen LogP contribution in [0.1, 0.15) is 25.0 Å². The minimum Gasteiger partial charge on any atom is -0.824 e. The lowest BCUT2D eigenvalue weighted by atomic mass is 9.96. The first-order valence-electron chi connectivity index (χ1n) is 6.96. The van der Waals surface area contributed by atoms with E-state index in [0.29, 0.717) is 5.92 Å². The molecule has 2 aromatic rings. The molecule has 0 aliphatic heterocycles. The van der Waals surface area contributed by atoms with Crippen LogP contribution in [0.4, 0.5) is 0 Å². The van der Waals surface area contributed by atoms with Crippen molar-refractivity contribution in [2.45, 2.75) is 20.8 Å². The molecule has 0 saturated heterocycles. The summed E-state index contributed by atoms with van der Waals surface area (Å²) in [5, 5.41) is 12.6. The summed E-state index contributed by atoms with van der Waals surface area (Å²) >= 11 is 0. The van der Waals surface area contributed by atoms with Crippen LogP contribution in [0.25, 0.3) is 11.1 Å². The van der Waals surface area contributed by atoms with Gasteiger partial charge >= 0.3 is 0 Å². The van der Waals surface area contributed by atoms with Gasteiger partial charge in [-0.15, -0.1) is 13.7 Å². The lowest BCUT2D eigenvalue weighted by molar-refractivity contribution is -0.207. The van der Waals surface area contributed by atoms with E-state index < -0.39 is 0 Å². The molecule has 0 saturated carbocycles. The molecule has 0 spiro atoms. The number of aryl methyl sites for hydroxylation is 1. The molecule has 0 bridgehead atoms. The highest BCUT2D eigenvalue weighted by atomic mass is 31.1. The highest BCUT2D eigenvalue weighted by Gasteiger charge is 2.06. The van der Waals surface area contributed by atoms with Crippen molar-refractivity contribution in [2.75, 3.05) is 6.16 Å². The molecule has 0 fully saturated rings.